The normalized spacial score (nSPS) is 22.6. The topological polar surface area (TPSA) is 79.3 Å². The van der Waals surface area contributed by atoms with Crippen LogP contribution in [0.15, 0.2) is 12.4 Å². The summed E-state index contributed by atoms with van der Waals surface area (Å²) in [6, 6.07) is 0.564. The summed E-state index contributed by atoms with van der Waals surface area (Å²) in [6.07, 6.45) is 8.22. The number of imidazole rings is 1. The van der Waals surface area contributed by atoms with Gasteiger partial charge in [-0.05, 0) is 64.7 Å². The van der Waals surface area contributed by atoms with E-state index >= 15 is 0 Å². The lowest BCUT2D eigenvalue weighted by Crippen LogP contribution is -2.37. The van der Waals surface area contributed by atoms with Crippen LogP contribution in [0.5, 0.6) is 0 Å². The number of aromatic nitrogens is 2. The second kappa shape index (κ2) is 7.73. The number of hydrogen-bond donors (Lipinski definition) is 2. The molecule has 2 N–H and O–H groups in total. The van der Waals surface area contributed by atoms with Crippen molar-refractivity contribution < 1.29 is 8.42 Å². The molecule has 1 spiro atoms. The standard InChI is InChI=1S/C17H31N5O2S/c1-3-21-11-9-20-16(21)14-22(10-4-12-25(23,24)18-2)15-13-17(15)5-7-19-8-6-17/h9,11,15,18-19H,3-8,10,12-14H2,1-2H3/t15-/m1/s1. The summed E-state index contributed by atoms with van der Waals surface area (Å²) < 4.78 is 28.0. The van der Waals surface area contributed by atoms with Crippen molar-refractivity contribution in [2.45, 2.75) is 51.7 Å². The van der Waals surface area contributed by atoms with Gasteiger partial charge in [-0.1, -0.05) is 0 Å². The molecule has 2 fully saturated rings. The Morgan fingerprint density at radius 1 is 1.44 bits per heavy atom. The Morgan fingerprint density at radius 2 is 2.20 bits per heavy atom. The molecule has 3 rings (SSSR count). The number of rotatable bonds is 9. The Balaban J connectivity index is 1.66. The minimum absolute atomic E-state index is 0.184. The van der Waals surface area contributed by atoms with Gasteiger partial charge in [0.25, 0.3) is 0 Å². The highest BCUT2D eigenvalue weighted by Crippen LogP contribution is 2.56. The Hall–Kier alpha value is -0.960. The van der Waals surface area contributed by atoms with E-state index in [1.54, 1.807) is 0 Å². The van der Waals surface area contributed by atoms with E-state index in [1.807, 2.05) is 12.4 Å². The number of nitrogens with zero attached hydrogens (tertiary/aromatic N) is 3. The maximum atomic E-state index is 11.7. The first kappa shape index (κ1) is 18.8. The molecule has 0 unspecified atom stereocenters. The highest BCUT2D eigenvalue weighted by Gasteiger charge is 2.56. The van der Waals surface area contributed by atoms with Crippen LogP contribution in [0.3, 0.4) is 0 Å². The largest absolute Gasteiger partial charge is 0.334 e. The first-order chi connectivity index (χ1) is 12.0. The molecule has 0 aromatic carbocycles. The third kappa shape index (κ3) is 4.42. The monoisotopic (exact) mass is 369 g/mol. The van der Waals surface area contributed by atoms with Crippen LogP contribution in [-0.4, -0.2) is 61.3 Å². The van der Waals surface area contributed by atoms with Gasteiger partial charge >= 0.3 is 0 Å². The van der Waals surface area contributed by atoms with Crippen LogP contribution in [0.1, 0.15) is 38.4 Å². The van der Waals surface area contributed by atoms with Gasteiger partial charge in [0.2, 0.25) is 10.0 Å². The Labute approximate surface area is 151 Å². The first-order valence-electron chi connectivity index (χ1n) is 9.36. The Kier molecular flexibility index (Phi) is 5.82. The van der Waals surface area contributed by atoms with Crippen molar-refractivity contribution in [3.05, 3.63) is 18.2 Å². The molecule has 2 aliphatic rings. The summed E-state index contributed by atoms with van der Waals surface area (Å²) in [6.45, 7) is 6.85. The van der Waals surface area contributed by atoms with E-state index in [0.717, 1.165) is 38.5 Å². The van der Waals surface area contributed by atoms with Crippen molar-refractivity contribution in [1.29, 1.82) is 0 Å². The highest BCUT2D eigenvalue weighted by atomic mass is 32.2. The third-order valence-corrected chi connectivity index (χ3v) is 7.29. The predicted octanol–water partition coefficient (Wildman–Crippen LogP) is 0.786. The lowest BCUT2D eigenvalue weighted by Gasteiger charge is -2.29. The highest BCUT2D eigenvalue weighted by molar-refractivity contribution is 7.89. The number of piperidine rings is 1. The van der Waals surface area contributed by atoms with Crippen molar-refractivity contribution in [2.24, 2.45) is 5.41 Å². The second-order valence-corrected chi connectivity index (χ2v) is 9.35. The lowest BCUT2D eigenvalue weighted by atomic mass is 9.93. The maximum Gasteiger partial charge on any atom is 0.211 e. The van der Waals surface area contributed by atoms with E-state index in [4.69, 9.17) is 0 Å². The zero-order valence-electron chi connectivity index (χ0n) is 15.4. The van der Waals surface area contributed by atoms with Gasteiger partial charge in [-0.3, -0.25) is 4.90 Å². The summed E-state index contributed by atoms with van der Waals surface area (Å²) >= 11 is 0. The molecule has 1 aliphatic carbocycles. The zero-order valence-corrected chi connectivity index (χ0v) is 16.2. The van der Waals surface area contributed by atoms with Crippen LogP contribution >= 0.6 is 0 Å². The summed E-state index contributed by atoms with van der Waals surface area (Å²) in [5.74, 6) is 1.26. The molecule has 8 heteroatoms. The smallest absolute Gasteiger partial charge is 0.211 e. The Morgan fingerprint density at radius 3 is 2.88 bits per heavy atom. The Bertz CT molecular complexity index is 666. The SMILES string of the molecule is CCn1ccnc1CN(CCCS(=O)(=O)NC)[C@@H]1CC12CCNCC2. The van der Waals surface area contributed by atoms with Crippen LogP contribution < -0.4 is 10.0 Å². The molecule has 1 aliphatic heterocycles. The van der Waals surface area contributed by atoms with E-state index in [2.05, 4.69) is 31.4 Å². The molecule has 0 radical (unpaired) electrons. The fraction of sp³-hybridized carbons (Fsp3) is 0.824. The quantitative estimate of drug-likeness (QED) is 0.673. The van der Waals surface area contributed by atoms with E-state index in [1.165, 1.54) is 26.3 Å². The molecule has 142 valence electrons. The van der Waals surface area contributed by atoms with Crippen LogP contribution in [0.25, 0.3) is 0 Å². The number of aryl methyl sites for hydroxylation is 1. The summed E-state index contributed by atoms with van der Waals surface area (Å²) in [4.78, 5) is 7.00. The number of nitrogens with one attached hydrogen (secondary N) is 2. The minimum Gasteiger partial charge on any atom is -0.334 e. The van der Waals surface area contributed by atoms with Gasteiger partial charge in [-0.15, -0.1) is 0 Å². The van der Waals surface area contributed by atoms with Gasteiger partial charge in [0.15, 0.2) is 0 Å². The molecule has 25 heavy (non-hydrogen) atoms. The van der Waals surface area contributed by atoms with Crippen LogP contribution in [-0.2, 0) is 23.1 Å². The molecular weight excluding hydrogens is 338 g/mol. The molecule has 0 amide bonds. The minimum atomic E-state index is -3.14. The van der Waals surface area contributed by atoms with Gasteiger partial charge in [-0.25, -0.2) is 18.1 Å². The fourth-order valence-electron chi connectivity index (χ4n) is 4.17. The first-order valence-corrected chi connectivity index (χ1v) is 11.0. The van der Waals surface area contributed by atoms with Gasteiger partial charge < -0.3 is 9.88 Å². The van der Waals surface area contributed by atoms with Crippen LogP contribution in [0.2, 0.25) is 0 Å². The number of sulfonamides is 1. The van der Waals surface area contributed by atoms with E-state index < -0.39 is 10.0 Å². The molecule has 0 bridgehead atoms. The van der Waals surface area contributed by atoms with Gasteiger partial charge in [0, 0.05) is 25.0 Å². The van der Waals surface area contributed by atoms with Gasteiger partial charge in [0.1, 0.15) is 5.82 Å². The summed E-state index contributed by atoms with van der Waals surface area (Å²) in [5, 5.41) is 3.45. The van der Waals surface area contributed by atoms with E-state index in [0.29, 0.717) is 17.9 Å². The summed E-state index contributed by atoms with van der Waals surface area (Å²) in [7, 11) is -1.65. The van der Waals surface area contributed by atoms with Crippen molar-refractivity contribution >= 4 is 10.0 Å². The van der Waals surface area contributed by atoms with Crippen molar-refractivity contribution in [1.82, 2.24) is 24.5 Å². The maximum absolute atomic E-state index is 11.7. The van der Waals surface area contributed by atoms with Gasteiger partial charge in [-0.2, -0.15) is 0 Å². The molecule has 1 aromatic rings. The second-order valence-electron chi connectivity index (χ2n) is 7.31. The van der Waals surface area contributed by atoms with Crippen molar-refractivity contribution in [3.8, 4) is 0 Å². The lowest BCUT2D eigenvalue weighted by molar-refractivity contribution is 0.190. The van der Waals surface area contributed by atoms with Crippen molar-refractivity contribution in [3.63, 3.8) is 0 Å². The van der Waals surface area contributed by atoms with Crippen LogP contribution in [0, 0.1) is 5.41 Å². The predicted molar refractivity (Wildman–Crippen MR) is 98.7 cm³/mol. The number of hydrogen-bond acceptors (Lipinski definition) is 5. The average molecular weight is 370 g/mol. The molecule has 7 nitrogen and oxygen atoms in total. The zero-order chi connectivity index (χ0) is 17.9. The average Bonchev–Trinajstić information content (AvgIpc) is 3.09. The molecule has 1 saturated heterocycles. The fourth-order valence-corrected chi connectivity index (χ4v) is 4.88. The molecule has 1 atom stereocenters. The summed E-state index contributed by atoms with van der Waals surface area (Å²) in [5.41, 5.74) is 0.441. The van der Waals surface area contributed by atoms with Gasteiger partial charge in [0.05, 0.1) is 12.3 Å². The van der Waals surface area contributed by atoms with Crippen LogP contribution in [0.4, 0.5) is 0 Å². The molecular formula is C17H31N5O2S. The molecule has 1 aromatic heterocycles. The van der Waals surface area contributed by atoms with E-state index in [9.17, 15) is 8.42 Å². The molecule has 2 heterocycles. The molecule has 1 saturated carbocycles. The van der Waals surface area contributed by atoms with Crippen molar-refractivity contribution in [2.75, 3.05) is 32.4 Å². The third-order valence-electron chi connectivity index (χ3n) is 5.84. The van der Waals surface area contributed by atoms with E-state index in [-0.39, 0.29) is 5.75 Å².